The van der Waals surface area contributed by atoms with Crippen LogP contribution in [0, 0.1) is 11.8 Å². The molecule has 0 radical (unpaired) electrons. The van der Waals surface area contributed by atoms with Crippen molar-refractivity contribution in [2.75, 3.05) is 0 Å². The van der Waals surface area contributed by atoms with Gasteiger partial charge >= 0.3 is 0 Å². The van der Waals surface area contributed by atoms with Crippen LogP contribution in [-0.2, 0) is 4.79 Å². The monoisotopic (exact) mass is 298 g/mol. The zero-order valence-corrected chi connectivity index (χ0v) is 13.7. The van der Waals surface area contributed by atoms with E-state index >= 15 is 0 Å². The highest BCUT2D eigenvalue weighted by Crippen LogP contribution is 2.41. The highest BCUT2D eigenvalue weighted by molar-refractivity contribution is 6.03. The van der Waals surface area contributed by atoms with E-state index < -0.39 is 0 Å². The fraction of sp³-hybridized carbons (Fsp3) is 0.550. The van der Waals surface area contributed by atoms with Crippen molar-refractivity contribution in [1.29, 1.82) is 0 Å². The van der Waals surface area contributed by atoms with E-state index in [-0.39, 0.29) is 12.0 Å². The Morgan fingerprint density at radius 3 is 2.59 bits per heavy atom. The SMILES string of the molecule is CC(C)Oc1ccccc1/C=C1\CC[C@H](C2CCCC2)C1=O. The second-order valence-corrected chi connectivity index (χ2v) is 6.93. The largest absolute Gasteiger partial charge is 0.490 e. The molecule has 22 heavy (non-hydrogen) atoms. The minimum Gasteiger partial charge on any atom is -0.490 e. The Bertz CT molecular complexity index is 565. The molecule has 3 rings (SSSR count). The molecular formula is C20H26O2. The minimum absolute atomic E-state index is 0.144. The van der Waals surface area contributed by atoms with Crippen LogP contribution < -0.4 is 4.74 Å². The number of para-hydroxylation sites is 1. The molecule has 0 saturated heterocycles. The van der Waals surface area contributed by atoms with E-state index in [1.54, 1.807) is 0 Å². The van der Waals surface area contributed by atoms with E-state index in [4.69, 9.17) is 4.74 Å². The molecule has 118 valence electrons. The van der Waals surface area contributed by atoms with Crippen molar-refractivity contribution in [3.05, 3.63) is 35.4 Å². The highest BCUT2D eigenvalue weighted by Gasteiger charge is 2.36. The van der Waals surface area contributed by atoms with Crippen molar-refractivity contribution in [2.24, 2.45) is 11.8 Å². The van der Waals surface area contributed by atoms with E-state index in [0.717, 1.165) is 29.7 Å². The number of benzene rings is 1. The van der Waals surface area contributed by atoms with Crippen molar-refractivity contribution in [3.63, 3.8) is 0 Å². The average Bonchev–Trinajstić information content (AvgIpc) is 3.11. The van der Waals surface area contributed by atoms with E-state index in [2.05, 4.69) is 6.08 Å². The molecule has 0 heterocycles. The maximum absolute atomic E-state index is 12.7. The molecule has 0 unspecified atom stereocenters. The van der Waals surface area contributed by atoms with Gasteiger partial charge < -0.3 is 4.74 Å². The summed E-state index contributed by atoms with van der Waals surface area (Å²) in [6, 6.07) is 8.02. The van der Waals surface area contributed by atoms with Crippen molar-refractivity contribution in [3.8, 4) is 5.75 Å². The number of ketones is 1. The van der Waals surface area contributed by atoms with E-state index in [9.17, 15) is 4.79 Å². The fourth-order valence-corrected chi connectivity index (χ4v) is 3.91. The van der Waals surface area contributed by atoms with Gasteiger partial charge in [0.15, 0.2) is 5.78 Å². The Morgan fingerprint density at radius 2 is 1.86 bits per heavy atom. The zero-order chi connectivity index (χ0) is 15.5. The van der Waals surface area contributed by atoms with Gasteiger partial charge in [0.05, 0.1) is 6.10 Å². The van der Waals surface area contributed by atoms with Crippen LogP contribution in [0.25, 0.3) is 6.08 Å². The predicted molar refractivity (Wildman–Crippen MR) is 89.9 cm³/mol. The van der Waals surface area contributed by atoms with Gasteiger partial charge in [0.1, 0.15) is 5.75 Å². The van der Waals surface area contributed by atoms with Crippen LogP contribution in [0.4, 0.5) is 0 Å². The second-order valence-electron chi connectivity index (χ2n) is 6.93. The third kappa shape index (κ3) is 3.26. The number of allylic oxidation sites excluding steroid dienone is 1. The third-order valence-corrected chi connectivity index (χ3v) is 4.96. The van der Waals surface area contributed by atoms with Gasteiger partial charge in [0.25, 0.3) is 0 Å². The molecule has 0 spiro atoms. The van der Waals surface area contributed by atoms with Crippen molar-refractivity contribution in [1.82, 2.24) is 0 Å². The zero-order valence-electron chi connectivity index (χ0n) is 13.7. The number of carbonyl (C=O) groups excluding carboxylic acids is 1. The Kier molecular flexibility index (Phi) is 4.66. The predicted octanol–water partition coefficient (Wildman–Crippen LogP) is 5.03. The van der Waals surface area contributed by atoms with Crippen molar-refractivity contribution < 1.29 is 9.53 Å². The first-order valence-electron chi connectivity index (χ1n) is 8.65. The summed E-state index contributed by atoms with van der Waals surface area (Å²) in [5.41, 5.74) is 2.03. The Balaban J connectivity index is 1.79. The summed E-state index contributed by atoms with van der Waals surface area (Å²) in [5, 5.41) is 0. The number of carbonyl (C=O) groups is 1. The highest BCUT2D eigenvalue weighted by atomic mass is 16.5. The maximum Gasteiger partial charge on any atom is 0.162 e. The average molecular weight is 298 g/mol. The summed E-state index contributed by atoms with van der Waals surface area (Å²) in [6.07, 6.45) is 9.28. The van der Waals surface area contributed by atoms with Gasteiger partial charge in [-0.3, -0.25) is 4.79 Å². The van der Waals surface area contributed by atoms with Gasteiger partial charge in [0, 0.05) is 11.5 Å². The quantitative estimate of drug-likeness (QED) is 0.729. The summed E-state index contributed by atoms with van der Waals surface area (Å²) in [7, 11) is 0. The molecule has 2 fully saturated rings. The minimum atomic E-state index is 0.144. The lowest BCUT2D eigenvalue weighted by atomic mass is 9.88. The molecule has 0 bridgehead atoms. The lowest BCUT2D eigenvalue weighted by Gasteiger charge is -2.15. The summed E-state index contributed by atoms with van der Waals surface area (Å²) in [5.74, 6) is 2.20. The Labute approximate surface area is 133 Å². The normalized spacial score (nSPS) is 24.6. The van der Waals surface area contributed by atoms with Crippen LogP contribution in [0.5, 0.6) is 5.75 Å². The van der Waals surface area contributed by atoms with Crippen LogP contribution in [0.3, 0.4) is 0 Å². The first-order chi connectivity index (χ1) is 10.6. The lowest BCUT2D eigenvalue weighted by molar-refractivity contribution is -0.119. The number of ether oxygens (including phenoxy) is 1. The lowest BCUT2D eigenvalue weighted by Crippen LogP contribution is -2.16. The van der Waals surface area contributed by atoms with Gasteiger partial charge in [-0.1, -0.05) is 31.0 Å². The van der Waals surface area contributed by atoms with E-state index in [1.165, 1.54) is 25.7 Å². The van der Waals surface area contributed by atoms with Crippen LogP contribution in [0.1, 0.15) is 57.9 Å². The van der Waals surface area contributed by atoms with Gasteiger partial charge in [-0.25, -0.2) is 0 Å². The van der Waals surface area contributed by atoms with Gasteiger partial charge in [0.2, 0.25) is 0 Å². The topological polar surface area (TPSA) is 26.3 Å². The number of rotatable bonds is 4. The molecule has 2 aliphatic carbocycles. The Morgan fingerprint density at radius 1 is 1.14 bits per heavy atom. The molecule has 0 aliphatic heterocycles. The van der Waals surface area contributed by atoms with Crippen LogP contribution in [0.2, 0.25) is 0 Å². The Hall–Kier alpha value is -1.57. The molecule has 1 atom stereocenters. The summed E-state index contributed by atoms with van der Waals surface area (Å²) >= 11 is 0. The van der Waals surface area contributed by atoms with Crippen molar-refractivity contribution in [2.45, 2.75) is 58.5 Å². The molecule has 1 aromatic carbocycles. The standard InChI is InChI=1S/C20H26O2/c1-14(2)22-19-10-6-5-9-16(19)13-17-11-12-18(20(17)21)15-7-3-4-8-15/h5-6,9-10,13-15,18H,3-4,7-8,11-12H2,1-2H3/b17-13+/t18-/m1/s1. The fourth-order valence-electron chi connectivity index (χ4n) is 3.91. The molecule has 2 aliphatic rings. The van der Waals surface area contributed by atoms with Crippen LogP contribution in [0.15, 0.2) is 29.8 Å². The molecule has 2 nitrogen and oxygen atoms in total. The first kappa shape index (κ1) is 15.3. The van der Waals surface area contributed by atoms with Crippen molar-refractivity contribution >= 4 is 11.9 Å². The second kappa shape index (κ2) is 6.68. The molecule has 2 heteroatoms. The smallest absolute Gasteiger partial charge is 0.162 e. The van der Waals surface area contributed by atoms with Gasteiger partial charge in [-0.2, -0.15) is 0 Å². The van der Waals surface area contributed by atoms with E-state index in [1.807, 2.05) is 38.1 Å². The van der Waals surface area contributed by atoms with Crippen LogP contribution >= 0.6 is 0 Å². The third-order valence-electron chi connectivity index (χ3n) is 4.96. The molecular weight excluding hydrogens is 272 g/mol. The molecule has 0 amide bonds. The summed E-state index contributed by atoms with van der Waals surface area (Å²) in [4.78, 5) is 12.7. The first-order valence-corrected chi connectivity index (χ1v) is 8.65. The number of Topliss-reactive ketones (excluding diaryl/α,β-unsaturated/α-hetero) is 1. The van der Waals surface area contributed by atoms with Gasteiger partial charge in [-0.15, -0.1) is 0 Å². The maximum atomic E-state index is 12.7. The van der Waals surface area contributed by atoms with Gasteiger partial charge in [-0.05, 0) is 63.2 Å². The molecule has 2 saturated carbocycles. The summed E-state index contributed by atoms with van der Waals surface area (Å²) in [6.45, 7) is 4.06. The summed E-state index contributed by atoms with van der Waals surface area (Å²) < 4.78 is 5.86. The van der Waals surface area contributed by atoms with Crippen LogP contribution in [-0.4, -0.2) is 11.9 Å². The molecule has 1 aromatic rings. The molecule has 0 N–H and O–H groups in total. The molecule has 0 aromatic heterocycles. The number of hydrogen-bond acceptors (Lipinski definition) is 2. The number of hydrogen-bond donors (Lipinski definition) is 0. The van der Waals surface area contributed by atoms with E-state index in [0.29, 0.717) is 11.7 Å².